The molecule has 0 unspecified atom stereocenters. The zero-order chi connectivity index (χ0) is 14.4. The van der Waals surface area contributed by atoms with Gasteiger partial charge in [0, 0.05) is 18.7 Å². The molecule has 0 aliphatic carbocycles. The van der Waals surface area contributed by atoms with Gasteiger partial charge < -0.3 is 15.1 Å². The summed E-state index contributed by atoms with van der Waals surface area (Å²) >= 11 is 0. The van der Waals surface area contributed by atoms with E-state index in [9.17, 15) is 14.0 Å². The molecule has 0 fully saturated rings. The van der Waals surface area contributed by atoms with Crippen LogP contribution in [0.15, 0.2) is 47.1 Å². The fraction of sp³-hybridized carbons (Fsp3) is 0.143. The van der Waals surface area contributed by atoms with Crippen molar-refractivity contribution >= 4 is 17.5 Å². The highest BCUT2D eigenvalue weighted by Crippen LogP contribution is 2.09. The number of hydrogen-bond acceptors (Lipinski definition) is 3. The van der Waals surface area contributed by atoms with Gasteiger partial charge in [-0.2, -0.15) is 0 Å². The topological polar surface area (TPSA) is 71.3 Å². The average Bonchev–Trinajstić information content (AvgIpc) is 2.92. The molecule has 104 valence electrons. The summed E-state index contributed by atoms with van der Waals surface area (Å²) < 4.78 is 17.8. The Morgan fingerprint density at radius 2 is 2.05 bits per heavy atom. The number of halogens is 1. The molecule has 1 aromatic carbocycles. The summed E-state index contributed by atoms with van der Waals surface area (Å²) in [7, 11) is 0. The number of nitrogens with one attached hydrogen (secondary N) is 2. The standard InChI is InChI=1S/C14H13FN2O3/c15-10-3-1-4-11(9-10)17-13(18)6-7-16-14(19)12-5-2-8-20-12/h1-5,8-9H,6-7H2,(H,16,19)(H,17,18). The first-order valence-corrected chi connectivity index (χ1v) is 6.02. The maximum absolute atomic E-state index is 12.9. The van der Waals surface area contributed by atoms with E-state index in [0.29, 0.717) is 5.69 Å². The van der Waals surface area contributed by atoms with E-state index in [1.54, 1.807) is 12.1 Å². The lowest BCUT2D eigenvalue weighted by Gasteiger charge is -2.06. The van der Waals surface area contributed by atoms with Crippen molar-refractivity contribution in [2.75, 3.05) is 11.9 Å². The third kappa shape index (κ3) is 3.94. The van der Waals surface area contributed by atoms with Crippen molar-refractivity contribution in [1.29, 1.82) is 0 Å². The van der Waals surface area contributed by atoms with Gasteiger partial charge in [0.2, 0.25) is 5.91 Å². The maximum atomic E-state index is 12.9. The van der Waals surface area contributed by atoms with E-state index in [1.807, 2.05) is 0 Å². The first-order valence-electron chi connectivity index (χ1n) is 6.02. The molecule has 0 spiro atoms. The van der Waals surface area contributed by atoms with E-state index in [4.69, 9.17) is 4.42 Å². The van der Waals surface area contributed by atoms with Crippen LogP contribution in [0.25, 0.3) is 0 Å². The molecule has 2 aromatic rings. The molecule has 0 radical (unpaired) electrons. The minimum absolute atomic E-state index is 0.0863. The molecule has 0 aliphatic heterocycles. The van der Waals surface area contributed by atoms with Crippen LogP contribution in [0.1, 0.15) is 17.0 Å². The molecule has 5 nitrogen and oxygen atoms in total. The second-order valence-corrected chi connectivity index (χ2v) is 4.04. The third-order valence-electron chi connectivity index (χ3n) is 2.49. The van der Waals surface area contributed by atoms with Crippen molar-refractivity contribution in [2.45, 2.75) is 6.42 Å². The average molecular weight is 276 g/mol. The number of rotatable bonds is 5. The minimum Gasteiger partial charge on any atom is -0.459 e. The Labute approximate surface area is 114 Å². The van der Waals surface area contributed by atoms with Crippen molar-refractivity contribution in [3.63, 3.8) is 0 Å². The number of furan rings is 1. The molecule has 0 saturated heterocycles. The fourth-order valence-electron chi connectivity index (χ4n) is 1.57. The van der Waals surface area contributed by atoms with Crippen LogP contribution in [0.5, 0.6) is 0 Å². The van der Waals surface area contributed by atoms with Crippen molar-refractivity contribution in [3.8, 4) is 0 Å². The Balaban J connectivity index is 1.74. The highest BCUT2D eigenvalue weighted by atomic mass is 19.1. The molecule has 2 rings (SSSR count). The SMILES string of the molecule is O=C(CCNC(=O)c1ccco1)Nc1cccc(F)c1. The Hall–Kier alpha value is -2.63. The lowest BCUT2D eigenvalue weighted by Crippen LogP contribution is -2.27. The Morgan fingerprint density at radius 1 is 1.20 bits per heavy atom. The van der Waals surface area contributed by atoms with E-state index in [1.165, 1.54) is 30.5 Å². The second-order valence-electron chi connectivity index (χ2n) is 4.04. The highest BCUT2D eigenvalue weighted by Gasteiger charge is 2.09. The van der Waals surface area contributed by atoms with Gasteiger partial charge in [-0.05, 0) is 30.3 Å². The van der Waals surface area contributed by atoms with Gasteiger partial charge in [0.1, 0.15) is 5.82 Å². The summed E-state index contributed by atoms with van der Waals surface area (Å²) in [6.45, 7) is 0.167. The predicted molar refractivity (Wildman–Crippen MR) is 70.7 cm³/mol. The number of carbonyl (C=O) groups is 2. The van der Waals surface area contributed by atoms with E-state index in [-0.39, 0.29) is 30.5 Å². The van der Waals surface area contributed by atoms with Crippen LogP contribution in [0.2, 0.25) is 0 Å². The first-order chi connectivity index (χ1) is 9.65. The highest BCUT2D eigenvalue weighted by molar-refractivity contribution is 5.93. The van der Waals surface area contributed by atoms with Gasteiger partial charge >= 0.3 is 0 Å². The molecule has 2 N–H and O–H groups in total. The molecule has 6 heteroatoms. The Morgan fingerprint density at radius 3 is 2.75 bits per heavy atom. The normalized spacial score (nSPS) is 10.1. The van der Waals surface area contributed by atoms with Crippen LogP contribution < -0.4 is 10.6 Å². The molecule has 0 atom stereocenters. The second kappa shape index (κ2) is 6.51. The summed E-state index contributed by atoms with van der Waals surface area (Å²) in [5, 5.41) is 5.08. The van der Waals surface area contributed by atoms with Crippen LogP contribution >= 0.6 is 0 Å². The lowest BCUT2D eigenvalue weighted by molar-refractivity contribution is -0.116. The summed E-state index contributed by atoms with van der Waals surface area (Å²) in [5.74, 6) is -0.923. The van der Waals surface area contributed by atoms with Gasteiger partial charge in [-0.1, -0.05) is 6.07 Å². The summed E-state index contributed by atoms with van der Waals surface area (Å²) in [6.07, 6.45) is 1.48. The zero-order valence-corrected chi connectivity index (χ0v) is 10.6. The van der Waals surface area contributed by atoms with Gasteiger partial charge in [0.05, 0.1) is 6.26 Å². The van der Waals surface area contributed by atoms with Gasteiger partial charge in [0.15, 0.2) is 5.76 Å². The quantitative estimate of drug-likeness (QED) is 0.879. The molecule has 0 saturated carbocycles. The van der Waals surface area contributed by atoms with Crippen LogP contribution in [0.3, 0.4) is 0 Å². The van der Waals surface area contributed by atoms with Crippen LogP contribution in [-0.4, -0.2) is 18.4 Å². The number of anilines is 1. The largest absolute Gasteiger partial charge is 0.459 e. The van der Waals surface area contributed by atoms with E-state index in [0.717, 1.165) is 0 Å². The molecular formula is C14H13FN2O3. The minimum atomic E-state index is -0.422. The molecule has 1 aromatic heterocycles. The maximum Gasteiger partial charge on any atom is 0.286 e. The van der Waals surface area contributed by atoms with Crippen molar-refractivity contribution < 1.29 is 18.4 Å². The van der Waals surface area contributed by atoms with Gasteiger partial charge in [-0.15, -0.1) is 0 Å². The van der Waals surface area contributed by atoms with Gasteiger partial charge in [-0.3, -0.25) is 9.59 Å². The summed E-state index contributed by atoms with van der Waals surface area (Å²) in [5.41, 5.74) is 0.382. The Kier molecular flexibility index (Phi) is 4.49. The smallest absolute Gasteiger partial charge is 0.286 e. The number of hydrogen-bond donors (Lipinski definition) is 2. The van der Waals surface area contributed by atoms with E-state index < -0.39 is 5.82 Å². The van der Waals surface area contributed by atoms with Crippen LogP contribution in [-0.2, 0) is 4.79 Å². The fourth-order valence-corrected chi connectivity index (χ4v) is 1.57. The number of carbonyl (C=O) groups excluding carboxylic acids is 2. The number of amides is 2. The van der Waals surface area contributed by atoms with Crippen molar-refractivity contribution in [3.05, 3.63) is 54.2 Å². The van der Waals surface area contributed by atoms with Gasteiger partial charge in [0.25, 0.3) is 5.91 Å². The molecular weight excluding hydrogens is 263 g/mol. The first kappa shape index (κ1) is 13.8. The molecule has 0 bridgehead atoms. The molecule has 2 amide bonds. The van der Waals surface area contributed by atoms with Crippen molar-refractivity contribution in [2.24, 2.45) is 0 Å². The van der Waals surface area contributed by atoms with Crippen molar-refractivity contribution in [1.82, 2.24) is 5.32 Å². The zero-order valence-electron chi connectivity index (χ0n) is 10.6. The molecule has 1 heterocycles. The molecule has 20 heavy (non-hydrogen) atoms. The Bertz CT molecular complexity index is 596. The van der Waals surface area contributed by atoms with E-state index in [2.05, 4.69) is 10.6 Å². The molecule has 0 aliphatic rings. The van der Waals surface area contributed by atoms with E-state index >= 15 is 0 Å². The third-order valence-corrected chi connectivity index (χ3v) is 2.49. The number of benzene rings is 1. The summed E-state index contributed by atoms with van der Waals surface area (Å²) in [6, 6.07) is 8.73. The van der Waals surface area contributed by atoms with Crippen LogP contribution in [0, 0.1) is 5.82 Å². The van der Waals surface area contributed by atoms with Crippen LogP contribution in [0.4, 0.5) is 10.1 Å². The predicted octanol–water partition coefficient (Wildman–Crippen LogP) is 2.18. The lowest BCUT2D eigenvalue weighted by atomic mass is 10.3. The van der Waals surface area contributed by atoms with Gasteiger partial charge in [-0.25, -0.2) is 4.39 Å². The monoisotopic (exact) mass is 276 g/mol. The summed E-state index contributed by atoms with van der Waals surface area (Å²) in [4.78, 5) is 23.1.